The van der Waals surface area contributed by atoms with E-state index in [1.807, 2.05) is 21.6 Å². The molecule has 0 aliphatic rings. The van der Waals surface area contributed by atoms with E-state index in [-0.39, 0.29) is 0 Å². The molecule has 1 atom stereocenters. The maximum atomic E-state index is 6.05. The molecule has 0 N–H and O–H groups in total. The van der Waals surface area contributed by atoms with Crippen molar-refractivity contribution in [1.29, 1.82) is 0 Å². The maximum Gasteiger partial charge on any atom is 0.111 e. The molecule has 2 nitrogen and oxygen atoms in total. The number of rotatable bonds is 13. The number of ether oxygens (including phenoxy) is 2. The van der Waals surface area contributed by atoms with Gasteiger partial charge in [-0.1, -0.05) is 61.5 Å². The fourth-order valence-electron chi connectivity index (χ4n) is 1.76. The van der Waals surface area contributed by atoms with Crippen LogP contribution in [-0.2, 0) is 9.47 Å². The lowest BCUT2D eigenvalue weighted by atomic mass is 10.1. The van der Waals surface area contributed by atoms with Crippen LogP contribution in [0.2, 0.25) is 25.7 Å². The van der Waals surface area contributed by atoms with Gasteiger partial charge in [0.15, 0.2) is 0 Å². The zero-order chi connectivity index (χ0) is 16.3. The second-order valence-corrected chi connectivity index (χ2v) is 15.6. The molecule has 0 aromatic heterocycles. The molecule has 0 saturated carbocycles. The number of hydrogen-bond donors (Lipinski definition) is 0. The minimum Gasteiger partial charge on any atom is -0.376 e. The van der Waals surface area contributed by atoms with E-state index in [9.17, 15) is 0 Å². The van der Waals surface area contributed by atoms with Crippen LogP contribution in [0.5, 0.6) is 0 Å². The minimum atomic E-state index is -1.09. The topological polar surface area (TPSA) is 18.5 Å². The van der Waals surface area contributed by atoms with E-state index in [4.69, 9.17) is 9.47 Å². The fraction of sp³-hybridized carbons (Fsp3) is 1.00. The van der Waals surface area contributed by atoms with E-state index in [1.165, 1.54) is 24.6 Å². The summed E-state index contributed by atoms with van der Waals surface area (Å²) in [5, 5.41) is 0. The van der Waals surface area contributed by atoms with Gasteiger partial charge in [0.05, 0.1) is 19.3 Å². The van der Waals surface area contributed by atoms with Gasteiger partial charge in [-0.05, 0) is 32.2 Å². The van der Waals surface area contributed by atoms with Gasteiger partial charge < -0.3 is 9.47 Å². The summed E-state index contributed by atoms with van der Waals surface area (Å²) in [6, 6.07) is 1.22. The van der Waals surface area contributed by atoms with Gasteiger partial charge in [-0.25, -0.2) is 0 Å². The van der Waals surface area contributed by atoms with Crippen molar-refractivity contribution in [1.82, 2.24) is 0 Å². The lowest BCUT2D eigenvalue weighted by Gasteiger charge is -2.24. The highest BCUT2D eigenvalue weighted by molar-refractivity contribution is 8.76. The van der Waals surface area contributed by atoms with E-state index in [0.717, 1.165) is 5.92 Å². The molecule has 0 aliphatic carbocycles. The Labute approximate surface area is 141 Å². The van der Waals surface area contributed by atoms with Gasteiger partial charge in [-0.15, -0.1) is 0 Å². The third-order valence-electron chi connectivity index (χ3n) is 2.80. The Bertz CT molecular complexity index is 243. The molecule has 0 spiro atoms. The standard InChI is InChI=1S/C16H36O2S2Si/c1-14(2)9-8-12-19-20-16(13-21(5,6)7)18-11-10-17-15(3)4/h14-16H,8-13H2,1-7H3. The van der Waals surface area contributed by atoms with E-state index in [0.29, 0.717) is 24.8 Å². The third kappa shape index (κ3) is 17.0. The monoisotopic (exact) mass is 352 g/mol. The van der Waals surface area contributed by atoms with Gasteiger partial charge in [-0.3, -0.25) is 0 Å². The van der Waals surface area contributed by atoms with Crippen LogP contribution < -0.4 is 0 Å². The van der Waals surface area contributed by atoms with Crippen LogP contribution >= 0.6 is 21.6 Å². The van der Waals surface area contributed by atoms with Gasteiger partial charge in [0, 0.05) is 13.8 Å². The van der Waals surface area contributed by atoms with Crippen LogP contribution in [0.25, 0.3) is 0 Å². The van der Waals surface area contributed by atoms with E-state index in [1.54, 1.807) is 0 Å². The lowest BCUT2D eigenvalue weighted by molar-refractivity contribution is 0.0158. The summed E-state index contributed by atoms with van der Waals surface area (Å²) in [7, 11) is 2.83. The van der Waals surface area contributed by atoms with Gasteiger partial charge in [-0.2, -0.15) is 0 Å². The molecule has 0 rings (SSSR count). The second kappa shape index (κ2) is 12.3. The molecule has 5 heteroatoms. The Hall–Kier alpha value is 0.837. The molecular weight excluding hydrogens is 316 g/mol. The Kier molecular flexibility index (Phi) is 12.8. The molecule has 0 aromatic rings. The van der Waals surface area contributed by atoms with Crippen LogP contribution in [0.4, 0.5) is 0 Å². The summed E-state index contributed by atoms with van der Waals surface area (Å²) in [4.78, 5) is 0. The van der Waals surface area contributed by atoms with E-state index >= 15 is 0 Å². The predicted molar refractivity (Wildman–Crippen MR) is 103 cm³/mol. The van der Waals surface area contributed by atoms with Gasteiger partial charge >= 0.3 is 0 Å². The molecule has 21 heavy (non-hydrogen) atoms. The summed E-state index contributed by atoms with van der Waals surface area (Å²) in [6.45, 7) is 17.4. The van der Waals surface area contributed by atoms with E-state index in [2.05, 4.69) is 47.3 Å². The summed E-state index contributed by atoms with van der Waals surface area (Å²) < 4.78 is 11.6. The smallest absolute Gasteiger partial charge is 0.111 e. The Morgan fingerprint density at radius 2 is 1.57 bits per heavy atom. The second-order valence-electron chi connectivity index (χ2n) is 7.44. The summed E-state index contributed by atoms with van der Waals surface area (Å²) >= 11 is 0. The number of hydrogen-bond acceptors (Lipinski definition) is 4. The quantitative estimate of drug-likeness (QED) is 0.177. The largest absolute Gasteiger partial charge is 0.376 e. The maximum absolute atomic E-state index is 6.05. The fourth-order valence-corrected chi connectivity index (χ4v) is 7.21. The Balaban J connectivity index is 3.92. The molecule has 0 amide bonds. The van der Waals surface area contributed by atoms with Crippen molar-refractivity contribution >= 4 is 29.7 Å². The SMILES string of the molecule is CC(C)CCCSSC(C[Si](C)(C)C)OCCOC(C)C. The first-order valence-electron chi connectivity index (χ1n) is 8.22. The molecular formula is C16H36O2S2Si. The summed E-state index contributed by atoms with van der Waals surface area (Å²) in [5.41, 5.74) is 0.330. The van der Waals surface area contributed by atoms with Crippen molar-refractivity contribution in [2.45, 2.75) is 77.8 Å². The average Bonchev–Trinajstić information content (AvgIpc) is 2.31. The van der Waals surface area contributed by atoms with Crippen LogP contribution in [0.1, 0.15) is 40.5 Å². The summed E-state index contributed by atoms with van der Waals surface area (Å²) in [6.07, 6.45) is 2.93. The van der Waals surface area contributed by atoms with Crippen molar-refractivity contribution in [3.05, 3.63) is 0 Å². The van der Waals surface area contributed by atoms with Crippen molar-refractivity contribution in [2.24, 2.45) is 5.92 Å². The minimum absolute atomic E-state index is 0.294. The average molecular weight is 353 g/mol. The van der Waals surface area contributed by atoms with Crippen LogP contribution in [0.15, 0.2) is 0 Å². The van der Waals surface area contributed by atoms with Crippen molar-refractivity contribution < 1.29 is 9.47 Å². The van der Waals surface area contributed by atoms with Crippen molar-refractivity contribution in [3.63, 3.8) is 0 Å². The van der Waals surface area contributed by atoms with Crippen molar-refractivity contribution in [2.75, 3.05) is 19.0 Å². The highest BCUT2D eigenvalue weighted by atomic mass is 33.1. The molecule has 0 aromatic carbocycles. The normalized spacial score (nSPS) is 14.1. The lowest BCUT2D eigenvalue weighted by Crippen LogP contribution is -2.27. The first kappa shape index (κ1) is 21.8. The Morgan fingerprint density at radius 1 is 0.952 bits per heavy atom. The predicted octanol–water partition coefficient (Wildman–Crippen LogP) is 5.91. The molecule has 0 bridgehead atoms. The van der Waals surface area contributed by atoms with Crippen LogP contribution in [0, 0.1) is 5.92 Å². The van der Waals surface area contributed by atoms with Crippen molar-refractivity contribution in [3.8, 4) is 0 Å². The molecule has 0 heterocycles. The molecule has 1 unspecified atom stereocenters. The van der Waals surface area contributed by atoms with Gasteiger partial charge in [0.25, 0.3) is 0 Å². The zero-order valence-corrected chi connectivity index (χ0v) is 17.7. The van der Waals surface area contributed by atoms with Gasteiger partial charge in [0.1, 0.15) is 5.44 Å². The first-order valence-corrected chi connectivity index (χ1v) is 14.3. The van der Waals surface area contributed by atoms with E-state index < -0.39 is 8.07 Å². The third-order valence-corrected chi connectivity index (χ3v) is 7.35. The molecule has 0 radical (unpaired) electrons. The zero-order valence-electron chi connectivity index (χ0n) is 15.1. The molecule has 128 valence electrons. The summed E-state index contributed by atoms with van der Waals surface area (Å²) in [5.74, 6) is 2.05. The van der Waals surface area contributed by atoms with Crippen LogP contribution in [-0.4, -0.2) is 38.6 Å². The molecule has 0 aliphatic heterocycles. The highest BCUT2D eigenvalue weighted by Crippen LogP contribution is 2.33. The Morgan fingerprint density at radius 3 is 2.10 bits per heavy atom. The van der Waals surface area contributed by atoms with Crippen LogP contribution in [0.3, 0.4) is 0 Å². The van der Waals surface area contributed by atoms with Gasteiger partial charge in [0.2, 0.25) is 0 Å². The highest BCUT2D eigenvalue weighted by Gasteiger charge is 2.21. The first-order chi connectivity index (χ1) is 9.70. The molecule has 0 fully saturated rings. The molecule has 0 saturated heterocycles.